The molecule has 26 heavy (non-hydrogen) atoms. The molecule has 2 aliphatic rings. The maximum atomic E-state index is 12.9. The van der Waals surface area contributed by atoms with Crippen molar-refractivity contribution in [3.63, 3.8) is 0 Å². The van der Waals surface area contributed by atoms with E-state index in [9.17, 15) is 13.2 Å². The standard InChI is InChI=1S/C19H19NO4S2/c21-19(15-12-14-4-1-2-5-16(14)24-13-15)20-8-7-18(17-6-3-10-25-17)26(22,23)11-9-20/h1-6,10,12,18H,7-9,11,13H2. The van der Waals surface area contributed by atoms with Crippen molar-refractivity contribution < 1.29 is 17.9 Å². The predicted molar refractivity (Wildman–Crippen MR) is 102 cm³/mol. The fourth-order valence-electron chi connectivity index (χ4n) is 3.38. The molecule has 5 nitrogen and oxygen atoms in total. The summed E-state index contributed by atoms with van der Waals surface area (Å²) in [7, 11) is -3.26. The molecule has 0 saturated carbocycles. The van der Waals surface area contributed by atoms with E-state index in [0.717, 1.165) is 16.2 Å². The van der Waals surface area contributed by atoms with Crippen molar-refractivity contribution in [2.45, 2.75) is 11.7 Å². The Hall–Kier alpha value is -2.12. The van der Waals surface area contributed by atoms with E-state index >= 15 is 0 Å². The van der Waals surface area contributed by atoms with Crippen molar-refractivity contribution >= 4 is 33.2 Å². The van der Waals surface area contributed by atoms with Gasteiger partial charge in [-0.05, 0) is 30.0 Å². The molecule has 3 heterocycles. The zero-order valence-electron chi connectivity index (χ0n) is 14.1. The second kappa shape index (κ2) is 6.89. The Kier molecular flexibility index (Phi) is 4.58. The van der Waals surface area contributed by atoms with Gasteiger partial charge in [-0.1, -0.05) is 24.3 Å². The zero-order chi connectivity index (χ0) is 18.1. The van der Waals surface area contributed by atoms with Crippen molar-refractivity contribution in [1.29, 1.82) is 0 Å². The van der Waals surface area contributed by atoms with Crippen LogP contribution in [0.25, 0.3) is 6.08 Å². The van der Waals surface area contributed by atoms with Crippen LogP contribution in [0.15, 0.2) is 47.4 Å². The summed E-state index contributed by atoms with van der Waals surface area (Å²) >= 11 is 1.46. The van der Waals surface area contributed by atoms with Crippen LogP contribution >= 0.6 is 11.3 Å². The number of rotatable bonds is 2. The van der Waals surface area contributed by atoms with Crippen LogP contribution in [0.4, 0.5) is 0 Å². The molecule has 136 valence electrons. The number of amides is 1. The Morgan fingerprint density at radius 2 is 2.00 bits per heavy atom. The smallest absolute Gasteiger partial charge is 0.253 e. The van der Waals surface area contributed by atoms with E-state index in [1.165, 1.54) is 11.3 Å². The van der Waals surface area contributed by atoms with Gasteiger partial charge in [0.15, 0.2) is 9.84 Å². The topological polar surface area (TPSA) is 63.7 Å². The number of carbonyl (C=O) groups excluding carboxylic acids is 1. The van der Waals surface area contributed by atoms with E-state index < -0.39 is 15.1 Å². The molecule has 1 saturated heterocycles. The lowest BCUT2D eigenvalue weighted by molar-refractivity contribution is -0.127. The summed E-state index contributed by atoms with van der Waals surface area (Å²) in [5.41, 5.74) is 1.44. The molecule has 0 N–H and O–H groups in total. The van der Waals surface area contributed by atoms with E-state index in [2.05, 4.69) is 0 Å². The molecule has 1 fully saturated rings. The Balaban J connectivity index is 1.54. The molecule has 4 rings (SSSR count). The van der Waals surface area contributed by atoms with Crippen LogP contribution in [0.1, 0.15) is 22.1 Å². The average Bonchev–Trinajstić information content (AvgIpc) is 3.12. The summed E-state index contributed by atoms with van der Waals surface area (Å²) in [6, 6.07) is 11.3. The van der Waals surface area contributed by atoms with Crippen molar-refractivity contribution in [3.8, 4) is 5.75 Å². The molecule has 0 aliphatic carbocycles. The summed E-state index contributed by atoms with van der Waals surface area (Å²) in [6.45, 7) is 0.870. The molecular formula is C19H19NO4S2. The quantitative estimate of drug-likeness (QED) is 0.792. The third kappa shape index (κ3) is 3.29. The van der Waals surface area contributed by atoms with Gasteiger partial charge < -0.3 is 9.64 Å². The Labute approximate surface area is 156 Å². The molecule has 2 aliphatic heterocycles. The lowest BCUT2D eigenvalue weighted by atomic mass is 10.1. The number of para-hydroxylation sites is 1. The average molecular weight is 389 g/mol. The third-order valence-corrected chi connectivity index (χ3v) is 8.04. The van der Waals surface area contributed by atoms with Crippen LogP contribution < -0.4 is 4.74 Å². The van der Waals surface area contributed by atoms with Gasteiger partial charge in [-0.3, -0.25) is 4.79 Å². The highest BCUT2D eigenvalue weighted by molar-refractivity contribution is 7.91. The van der Waals surface area contributed by atoms with Crippen molar-refractivity contribution in [1.82, 2.24) is 4.90 Å². The second-order valence-electron chi connectivity index (χ2n) is 6.45. The number of benzene rings is 1. The number of nitrogens with zero attached hydrogens (tertiary/aromatic N) is 1. The van der Waals surface area contributed by atoms with E-state index in [0.29, 0.717) is 18.5 Å². The van der Waals surface area contributed by atoms with Crippen molar-refractivity contribution in [2.75, 3.05) is 25.4 Å². The number of hydrogen-bond donors (Lipinski definition) is 0. The minimum absolute atomic E-state index is 0.00791. The zero-order valence-corrected chi connectivity index (χ0v) is 15.8. The highest BCUT2D eigenvalue weighted by atomic mass is 32.2. The monoisotopic (exact) mass is 389 g/mol. The summed E-state index contributed by atoms with van der Waals surface area (Å²) in [5, 5.41) is 1.37. The van der Waals surface area contributed by atoms with Gasteiger partial charge in [-0.25, -0.2) is 8.42 Å². The van der Waals surface area contributed by atoms with Crippen LogP contribution in [0.5, 0.6) is 5.75 Å². The molecule has 1 aromatic carbocycles. The SMILES string of the molecule is O=C(C1=Cc2ccccc2OC1)N1CCC(c2cccs2)S(=O)(=O)CC1. The second-order valence-corrected chi connectivity index (χ2v) is 9.73. The number of carbonyl (C=O) groups is 1. The van der Waals surface area contributed by atoms with Gasteiger partial charge in [0.2, 0.25) is 0 Å². The fraction of sp³-hybridized carbons (Fsp3) is 0.316. The lowest BCUT2D eigenvalue weighted by Crippen LogP contribution is -2.36. The minimum atomic E-state index is -3.26. The van der Waals surface area contributed by atoms with E-state index in [4.69, 9.17) is 4.74 Å². The van der Waals surface area contributed by atoms with Crippen LogP contribution in [0.2, 0.25) is 0 Å². The van der Waals surface area contributed by atoms with Gasteiger partial charge in [0.05, 0.1) is 16.6 Å². The number of fused-ring (bicyclic) bond motifs is 1. The number of thiophene rings is 1. The van der Waals surface area contributed by atoms with Crippen LogP contribution in [-0.2, 0) is 14.6 Å². The van der Waals surface area contributed by atoms with Gasteiger partial charge in [-0.2, -0.15) is 0 Å². The molecule has 2 aromatic rings. The van der Waals surface area contributed by atoms with Gasteiger partial charge in [0.1, 0.15) is 12.4 Å². The Morgan fingerprint density at radius 1 is 1.15 bits per heavy atom. The molecule has 1 amide bonds. The molecule has 1 unspecified atom stereocenters. The third-order valence-electron chi connectivity index (χ3n) is 4.79. The molecule has 0 radical (unpaired) electrons. The van der Waals surface area contributed by atoms with Crippen LogP contribution in [-0.4, -0.2) is 44.7 Å². The molecule has 0 bridgehead atoms. The van der Waals surface area contributed by atoms with E-state index in [-0.39, 0.29) is 24.8 Å². The maximum Gasteiger partial charge on any atom is 0.253 e. The highest BCUT2D eigenvalue weighted by Crippen LogP contribution is 2.33. The molecule has 0 spiro atoms. The first kappa shape index (κ1) is 17.3. The normalized spacial score (nSPS) is 21.9. The lowest BCUT2D eigenvalue weighted by Gasteiger charge is -2.24. The number of hydrogen-bond acceptors (Lipinski definition) is 5. The summed E-state index contributed by atoms with van der Waals surface area (Å²) in [6.07, 6.45) is 2.27. The molecule has 7 heteroatoms. The predicted octanol–water partition coefficient (Wildman–Crippen LogP) is 2.91. The molecule has 1 aromatic heterocycles. The summed E-state index contributed by atoms with van der Waals surface area (Å²) in [5.74, 6) is 0.619. The molecular weight excluding hydrogens is 370 g/mol. The number of sulfone groups is 1. The Bertz CT molecular complexity index is 948. The van der Waals surface area contributed by atoms with Crippen molar-refractivity contribution in [2.24, 2.45) is 0 Å². The Morgan fingerprint density at radius 3 is 2.81 bits per heavy atom. The maximum absolute atomic E-state index is 12.9. The minimum Gasteiger partial charge on any atom is -0.488 e. The van der Waals surface area contributed by atoms with Gasteiger partial charge in [-0.15, -0.1) is 11.3 Å². The van der Waals surface area contributed by atoms with E-state index in [1.807, 2.05) is 47.9 Å². The van der Waals surface area contributed by atoms with Crippen LogP contribution in [0, 0.1) is 0 Å². The van der Waals surface area contributed by atoms with E-state index in [1.54, 1.807) is 4.90 Å². The van der Waals surface area contributed by atoms with Gasteiger partial charge in [0, 0.05) is 23.5 Å². The molecule has 1 atom stereocenters. The first-order chi connectivity index (χ1) is 12.5. The summed E-state index contributed by atoms with van der Waals surface area (Å²) in [4.78, 5) is 15.4. The first-order valence-electron chi connectivity index (χ1n) is 8.51. The number of ether oxygens (including phenoxy) is 1. The highest BCUT2D eigenvalue weighted by Gasteiger charge is 2.34. The van der Waals surface area contributed by atoms with Crippen LogP contribution in [0.3, 0.4) is 0 Å². The first-order valence-corrected chi connectivity index (χ1v) is 11.1. The fourth-order valence-corrected chi connectivity index (χ4v) is 6.39. The van der Waals surface area contributed by atoms with Gasteiger partial charge >= 0.3 is 0 Å². The summed E-state index contributed by atoms with van der Waals surface area (Å²) < 4.78 is 30.9. The van der Waals surface area contributed by atoms with Gasteiger partial charge in [0.25, 0.3) is 5.91 Å². The van der Waals surface area contributed by atoms with Crippen molar-refractivity contribution in [3.05, 3.63) is 57.8 Å². The largest absolute Gasteiger partial charge is 0.488 e.